The molecule has 6 heteroatoms. The molecule has 0 spiro atoms. The zero-order chi connectivity index (χ0) is 17.4. The van der Waals surface area contributed by atoms with Gasteiger partial charge >= 0.3 is 0 Å². The van der Waals surface area contributed by atoms with Gasteiger partial charge in [-0.15, -0.1) is 0 Å². The lowest BCUT2D eigenvalue weighted by molar-refractivity contribution is 0.614. The molecule has 0 radical (unpaired) electrons. The molecule has 0 atom stereocenters. The number of hydrogen-bond donors (Lipinski definition) is 1. The van der Waals surface area contributed by atoms with Gasteiger partial charge in [0.2, 0.25) is 0 Å². The topological polar surface area (TPSA) is 46.5 Å². The molecule has 0 unspecified atom stereocenters. The van der Waals surface area contributed by atoms with Gasteiger partial charge < -0.3 is 4.98 Å². The van der Waals surface area contributed by atoms with E-state index in [9.17, 15) is 8.78 Å². The molecule has 0 saturated heterocycles. The van der Waals surface area contributed by atoms with Crippen LogP contribution in [-0.2, 0) is 13.0 Å². The Balaban J connectivity index is 1.64. The zero-order valence-corrected chi connectivity index (χ0v) is 13.6. The molecule has 0 bridgehead atoms. The van der Waals surface area contributed by atoms with Crippen LogP contribution in [0.4, 0.5) is 8.78 Å². The quantitative estimate of drug-likeness (QED) is 0.604. The number of nitrogens with one attached hydrogen (secondary N) is 1. The molecule has 0 aliphatic rings. The van der Waals surface area contributed by atoms with Crippen LogP contribution in [0.1, 0.15) is 11.3 Å². The average Bonchev–Trinajstić information content (AvgIpc) is 3.18. The van der Waals surface area contributed by atoms with E-state index >= 15 is 0 Å². The molecule has 126 valence electrons. The molecule has 0 aliphatic carbocycles. The lowest BCUT2D eigenvalue weighted by Gasteiger charge is -2.08. The molecule has 4 nitrogen and oxygen atoms in total. The first-order valence-corrected chi connectivity index (χ1v) is 8.02. The predicted octanol–water partition coefficient (Wildman–Crippen LogP) is 4.26. The van der Waals surface area contributed by atoms with E-state index in [4.69, 9.17) is 0 Å². The van der Waals surface area contributed by atoms with E-state index in [1.54, 1.807) is 18.5 Å². The second-order valence-corrected chi connectivity index (χ2v) is 5.97. The van der Waals surface area contributed by atoms with Crippen LogP contribution in [0, 0.1) is 18.6 Å². The minimum atomic E-state index is -0.381. The summed E-state index contributed by atoms with van der Waals surface area (Å²) in [6.45, 7) is 2.54. The molecule has 25 heavy (non-hydrogen) atoms. The van der Waals surface area contributed by atoms with Gasteiger partial charge in [-0.2, -0.15) is 5.10 Å². The molecule has 4 rings (SSSR count). The summed E-state index contributed by atoms with van der Waals surface area (Å²) in [5.74, 6) is -0.634. The highest BCUT2D eigenvalue weighted by molar-refractivity contribution is 5.85. The molecule has 1 N–H and O–H groups in total. The van der Waals surface area contributed by atoms with Crippen LogP contribution in [0.15, 0.2) is 48.9 Å². The summed E-state index contributed by atoms with van der Waals surface area (Å²) in [4.78, 5) is 7.01. The minimum Gasteiger partial charge on any atom is -0.356 e. The van der Waals surface area contributed by atoms with E-state index in [2.05, 4.69) is 15.1 Å². The van der Waals surface area contributed by atoms with Crippen molar-refractivity contribution in [3.63, 3.8) is 0 Å². The number of para-hydroxylation sites is 1. The van der Waals surface area contributed by atoms with Crippen LogP contribution in [-0.4, -0.2) is 19.7 Å². The van der Waals surface area contributed by atoms with Crippen LogP contribution in [0.3, 0.4) is 0 Å². The number of hydrogen-bond acceptors (Lipinski definition) is 2. The van der Waals surface area contributed by atoms with E-state index in [-0.39, 0.29) is 11.6 Å². The van der Waals surface area contributed by atoms with Gasteiger partial charge in [0.25, 0.3) is 0 Å². The first-order chi connectivity index (χ1) is 12.1. The van der Waals surface area contributed by atoms with E-state index in [1.807, 2.05) is 23.7 Å². The van der Waals surface area contributed by atoms with E-state index in [0.717, 1.165) is 22.3 Å². The lowest BCUT2D eigenvalue weighted by Crippen LogP contribution is -2.05. The fourth-order valence-corrected chi connectivity index (χ4v) is 3.22. The van der Waals surface area contributed by atoms with Gasteiger partial charge in [0.1, 0.15) is 11.6 Å². The van der Waals surface area contributed by atoms with Crippen LogP contribution in [0.2, 0.25) is 0 Å². The summed E-state index contributed by atoms with van der Waals surface area (Å²) in [5, 5.41) is 5.22. The third-order valence-corrected chi connectivity index (χ3v) is 4.39. The van der Waals surface area contributed by atoms with Crippen LogP contribution < -0.4 is 0 Å². The fraction of sp³-hybridized carbons (Fsp3) is 0.158. The van der Waals surface area contributed by atoms with Crippen LogP contribution in [0.5, 0.6) is 0 Å². The molecule has 3 aromatic heterocycles. The normalized spacial score (nSPS) is 11.3. The van der Waals surface area contributed by atoms with Crippen molar-refractivity contribution in [3.8, 4) is 11.3 Å². The van der Waals surface area contributed by atoms with Gasteiger partial charge in [-0.05, 0) is 37.1 Å². The van der Waals surface area contributed by atoms with Gasteiger partial charge in [0.15, 0.2) is 0 Å². The summed E-state index contributed by atoms with van der Waals surface area (Å²) in [6.07, 6.45) is 5.16. The summed E-state index contributed by atoms with van der Waals surface area (Å²) < 4.78 is 29.2. The summed E-state index contributed by atoms with van der Waals surface area (Å²) in [6, 6.07) is 8.35. The minimum absolute atomic E-state index is 0.252. The Morgan fingerprint density at radius 3 is 2.88 bits per heavy atom. The molecule has 0 fully saturated rings. The summed E-state index contributed by atoms with van der Waals surface area (Å²) in [5.41, 5.74) is 4.02. The number of rotatable bonds is 4. The maximum absolute atomic E-state index is 13.9. The first-order valence-electron chi connectivity index (χ1n) is 8.02. The summed E-state index contributed by atoms with van der Waals surface area (Å²) >= 11 is 0. The smallest absolute Gasteiger partial charge is 0.147 e. The number of aromatic nitrogens is 4. The first kappa shape index (κ1) is 15.5. The third-order valence-electron chi connectivity index (χ3n) is 4.39. The van der Waals surface area contributed by atoms with Crippen LogP contribution in [0.25, 0.3) is 22.2 Å². The standard InChI is InChI=1S/C19H16F2N4/c1-12-15(16-3-2-4-17(21)19(16)24-12)6-8-25-18(5-7-23-25)13-9-14(20)11-22-10-13/h2-5,7,9-11,24H,6,8H2,1H3. The second-order valence-electron chi connectivity index (χ2n) is 5.97. The molecular formula is C19H16F2N4. The van der Waals surface area contributed by atoms with Crippen LogP contribution >= 0.6 is 0 Å². The molecule has 1 aromatic carbocycles. The lowest BCUT2D eigenvalue weighted by atomic mass is 10.1. The molecule has 4 aromatic rings. The van der Waals surface area contributed by atoms with Gasteiger partial charge in [-0.25, -0.2) is 8.78 Å². The molecule has 0 aliphatic heterocycles. The highest BCUT2D eigenvalue weighted by Crippen LogP contribution is 2.26. The Bertz CT molecular complexity index is 1050. The molecule has 3 heterocycles. The summed E-state index contributed by atoms with van der Waals surface area (Å²) in [7, 11) is 0. The third kappa shape index (κ3) is 2.80. The SMILES string of the molecule is Cc1[nH]c2c(F)cccc2c1CCn1nccc1-c1cncc(F)c1. The van der Waals surface area contributed by atoms with Crippen molar-refractivity contribution in [2.45, 2.75) is 19.9 Å². The molecule has 0 amide bonds. The van der Waals surface area contributed by atoms with E-state index < -0.39 is 0 Å². The number of pyridine rings is 1. The average molecular weight is 338 g/mol. The van der Waals surface area contributed by atoms with Crippen molar-refractivity contribution >= 4 is 10.9 Å². The maximum atomic E-state index is 13.9. The Kier molecular flexibility index (Phi) is 3.80. The second kappa shape index (κ2) is 6.12. The Hall–Kier alpha value is -3.02. The largest absolute Gasteiger partial charge is 0.356 e. The highest BCUT2D eigenvalue weighted by Gasteiger charge is 2.13. The monoisotopic (exact) mass is 338 g/mol. The van der Waals surface area contributed by atoms with Gasteiger partial charge in [0, 0.05) is 35.6 Å². The van der Waals surface area contributed by atoms with Gasteiger partial charge in [0.05, 0.1) is 17.4 Å². The van der Waals surface area contributed by atoms with Crippen molar-refractivity contribution in [1.29, 1.82) is 0 Å². The van der Waals surface area contributed by atoms with Crippen molar-refractivity contribution in [1.82, 2.24) is 19.7 Å². The van der Waals surface area contributed by atoms with Crippen molar-refractivity contribution in [2.75, 3.05) is 0 Å². The Labute approximate surface area is 143 Å². The number of H-pyrrole nitrogens is 1. The van der Waals surface area contributed by atoms with Crippen molar-refractivity contribution < 1.29 is 8.78 Å². The van der Waals surface area contributed by atoms with E-state index in [0.29, 0.717) is 24.0 Å². The number of aromatic amines is 1. The maximum Gasteiger partial charge on any atom is 0.147 e. The number of fused-ring (bicyclic) bond motifs is 1. The van der Waals surface area contributed by atoms with E-state index in [1.165, 1.54) is 18.3 Å². The Morgan fingerprint density at radius 1 is 1.16 bits per heavy atom. The Morgan fingerprint density at radius 2 is 2.04 bits per heavy atom. The number of benzene rings is 1. The number of halogens is 2. The van der Waals surface area contributed by atoms with Crippen molar-refractivity contribution in [2.24, 2.45) is 0 Å². The van der Waals surface area contributed by atoms with Gasteiger partial charge in [-0.1, -0.05) is 12.1 Å². The number of nitrogens with zero attached hydrogens (tertiary/aromatic N) is 3. The number of aryl methyl sites for hydroxylation is 3. The molecule has 0 saturated carbocycles. The van der Waals surface area contributed by atoms with Gasteiger partial charge in [-0.3, -0.25) is 9.67 Å². The molecular weight excluding hydrogens is 322 g/mol. The van der Waals surface area contributed by atoms with Crippen molar-refractivity contribution in [3.05, 3.63) is 71.8 Å². The fourth-order valence-electron chi connectivity index (χ4n) is 3.22. The highest BCUT2D eigenvalue weighted by atomic mass is 19.1. The predicted molar refractivity (Wildman–Crippen MR) is 92.1 cm³/mol. The zero-order valence-electron chi connectivity index (χ0n) is 13.6.